The van der Waals surface area contributed by atoms with Gasteiger partial charge >= 0.3 is 5.97 Å². The molecule has 0 radical (unpaired) electrons. The van der Waals surface area contributed by atoms with Crippen LogP contribution in [-0.2, 0) is 11.3 Å². The van der Waals surface area contributed by atoms with Crippen molar-refractivity contribution in [2.75, 3.05) is 13.7 Å². The maximum absolute atomic E-state index is 11.4. The lowest BCUT2D eigenvalue weighted by atomic mass is 10.2. The molecule has 0 spiro atoms. The zero-order valence-corrected chi connectivity index (χ0v) is 10.9. The molecule has 0 aliphatic heterocycles. The highest BCUT2D eigenvalue weighted by Gasteiger charge is 2.14. The number of ether oxygens (including phenoxy) is 1. The van der Waals surface area contributed by atoms with Crippen molar-refractivity contribution >= 4 is 5.97 Å². The van der Waals surface area contributed by atoms with E-state index in [0.29, 0.717) is 17.9 Å². The van der Waals surface area contributed by atoms with Gasteiger partial charge in [-0.15, -0.1) is 12.3 Å². The van der Waals surface area contributed by atoms with Gasteiger partial charge in [0.1, 0.15) is 17.1 Å². The molecule has 4 nitrogen and oxygen atoms in total. The van der Waals surface area contributed by atoms with Crippen LogP contribution in [0.2, 0.25) is 0 Å². The van der Waals surface area contributed by atoms with Crippen LogP contribution in [0.3, 0.4) is 0 Å². The van der Waals surface area contributed by atoms with E-state index in [9.17, 15) is 4.79 Å². The maximum atomic E-state index is 11.4. The van der Waals surface area contributed by atoms with Crippen LogP contribution in [0.25, 0.3) is 0 Å². The van der Waals surface area contributed by atoms with Gasteiger partial charge < -0.3 is 14.5 Å². The highest BCUT2D eigenvalue weighted by atomic mass is 16.5. The van der Waals surface area contributed by atoms with E-state index in [-0.39, 0.29) is 5.97 Å². The Hall–Kier alpha value is -1.73. The fraction of sp³-hybridized carbons (Fsp3) is 0.500. The molecule has 4 heteroatoms. The van der Waals surface area contributed by atoms with E-state index < -0.39 is 0 Å². The van der Waals surface area contributed by atoms with Crippen molar-refractivity contribution in [2.24, 2.45) is 0 Å². The predicted molar refractivity (Wildman–Crippen MR) is 69.2 cm³/mol. The van der Waals surface area contributed by atoms with Gasteiger partial charge in [-0.05, 0) is 32.4 Å². The van der Waals surface area contributed by atoms with Gasteiger partial charge in [0.05, 0.1) is 13.7 Å². The van der Waals surface area contributed by atoms with Crippen molar-refractivity contribution < 1.29 is 13.9 Å². The molecule has 0 atom stereocenters. The number of unbranched alkanes of at least 4 members (excludes halogenated alkanes) is 2. The normalized spacial score (nSPS) is 10.1. The molecule has 18 heavy (non-hydrogen) atoms. The highest BCUT2D eigenvalue weighted by Crippen LogP contribution is 2.15. The number of esters is 1. The van der Waals surface area contributed by atoms with E-state index in [2.05, 4.69) is 16.0 Å². The molecule has 0 saturated carbocycles. The van der Waals surface area contributed by atoms with Gasteiger partial charge in [-0.2, -0.15) is 0 Å². The molecule has 0 fully saturated rings. The lowest BCUT2D eigenvalue weighted by Crippen LogP contribution is -2.14. The molecule has 1 aromatic heterocycles. The number of rotatable bonds is 7. The molecule has 0 aromatic carbocycles. The fourth-order valence-corrected chi connectivity index (χ4v) is 1.63. The van der Waals surface area contributed by atoms with Crippen LogP contribution in [0.4, 0.5) is 0 Å². The standard InChI is InChI=1S/C14H19NO3/c1-4-5-6-7-8-15-10-12-9-13(11(2)18-12)14(16)17-3/h1,9,15H,5-8,10H2,2-3H3. The minimum absolute atomic E-state index is 0.364. The number of furan rings is 1. The Balaban J connectivity index is 2.35. The summed E-state index contributed by atoms with van der Waals surface area (Å²) in [5.74, 6) is 3.57. The molecule has 1 N–H and O–H groups in total. The Morgan fingerprint density at radius 2 is 2.33 bits per heavy atom. The van der Waals surface area contributed by atoms with Crippen molar-refractivity contribution in [3.8, 4) is 12.3 Å². The molecule has 1 rings (SSSR count). The van der Waals surface area contributed by atoms with E-state index in [1.165, 1.54) is 7.11 Å². The van der Waals surface area contributed by atoms with Crippen molar-refractivity contribution in [1.82, 2.24) is 5.32 Å². The van der Waals surface area contributed by atoms with Crippen molar-refractivity contribution in [3.63, 3.8) is 0 Å². The molecule has 0 aliphatic rings. The van der Waals surface area contributed by atoms with E-state index in [1.807, 2.05) is 0 Å². The van der Waals surface area contributed by atoms with E-state index in [1.54, 1.807) is 13.0 Å². The number of carbonyl (C=O) groups excluding carboxylic acids is 1. The van der Waals surface area contributed by atoms with Gasteiger partial charge in [-0.1, -0.05) is 0 Å². The van der Waals surface area contributed by atoms with Crippen molar-refractivity contribution in [3.05, 3.63) is 23.2 Å². The van der Waals surface area contributed by atoms with Crippen molar-refractivity contribution in [1.29, 1.82) is 0 Å². The Morgan fingerprint density at radius 3 is 3.00 bits per heavy atom. The van der Waals surface area contributed by atoms with Crippen LogP contribution >= 0.6 is 0 Å². The maximum Gasteiger partial charge on any atom is 0.341 e. The molecule has 0 saturated heterocycles. The van der Waals surface area contributed by atoms with Crippen LogP contribution in [0, 0.1) is 19.3 Å². The topological polar surface area (TPSA) is 51.5 Å². The average Bonchev–Trinajstić information content (AvgIpc) is 2.74. The Kier molecular flexibility index (Phi) is 6.03. The zero-order chi connectivity index (χ0) is 13.4. The highest BCUT2D eigenvalue weighted by molar-refractivity contribution is 5.90. The zero-order valence-electron chi connectivity index (χ0n) is 10.9. The summed E-state index contributed by atoms with van der Waals surface area (Å²) in [4.78, 5) is 11.4. The lowest BCUT2D eigenvalue weighted by Gasteiger charge is -2.00. The number of methoxy groups -OCH3 is 1. The fourth-order valence-electron chi connectivity index (χ4n) is 1.63. The van der Waals surface area contributed by atoms with Crippen LogP contribution in [0.15, 0.2) is 10.5 Å². The van der Waals surface area contributed by atoms with Gasteiger partial charge in [-0.3, -0.25) is 0 Å². The van der Waals surface area contributed by atoms with Gasteiger partial charge in [0.2, 0.25) is 0 Å². The third kappa shape index (κ3) is 4.27. The lowest BCUT2D eigenvalue weighted by molar-refractivity contribution is 0.0599. The van der Waals surface area contributed by atoms with Crippen LogP contribution in [0.1, 0.15) is 41.1 Å². The quantitative estimate of drug-likeness (QED) is 0.457. The number of hydrogen-bond donors (Lipinski definition) is 1. The summed E-state index contributed by atoms with van der Waals surface area (Å²) in [5.41, 5.74) is 0.488. The average molecular weight is 249 g/mol. The van der Waals surface area contributed by atoms with E-state index in [0.717, 1.165) is 31.6 Å². The second kappa shape index (κ2) is 7.57. The second-order valence-corrected chi connectivity index (χ2v) is 4.01. The van der Waals surface area contributed by atoms with E-state index >= 15 is 0 Å². The summed E-state index contributed by atoms with van der Waals surface area (Å²) in [7, 11) is 1.36. The first-order valence-corrected chi connectivity index (χ1v) is 6.00. The monoisotopic (exact) mass is 249 g/mol. The second-order valence-electron chi connectivity index (χ2n) is 4.01. The molecule has 0 bridgehead atoms. The van der Waals surface area contributed by atoms with Gasteiger partial charge in [0, 0.05) is 6.42 Å². The third-order valence-electron chi connectivity index (χ3n) is 2.60. The van der Waals surface area contributed by atoms with E-state index in [4.69, 9.17) is 10.8 Å². The number of nitrogens with one attached hydrogen (secondary N) is 1. The predicted octanol–water partition coefficient (Wildman–Crippen LogP) is 2.27. The minimum atomic E-state index is -0.364. The Labute approximate surface area is 108 Å². The first-order valence-electron chi connectivity index (χ1n) is 6.00. The van der Waals surface area contributed by atoms with Crippen molar-refractivity contribution in [2.45, 2.75) is 32.7 Å². The summed E-state index contributed by atoms with van der Waals surface area (Å²) < 4.78 is 10.1. The number of hydrogen-bond acceptors (Lipinski definition) is 4. The Bertz CT molecular complexity index is 429. The number of carbonyl (C=O) groups is 1. The smallest absolute Gasteiger partial charge is 0.341 e. The summed E-state index contributed by atoms with van der Waals surface area (Å²) in [6, 6.07) is 1.72. The summed E-state index contributed by atoms with van der Waals surface area (Å²) in [6.07, 6.45) is 8.04. The first-order chi connectivity index (χ1) is 8.69. The SMILES string of the molecule is C#CCCCCNCc1cc(C(=O)OC)c(C)o1. The third-order valence-corrected chi connectivity index (χ3v) is 2.60. The van der Waals surface area contributed by atoms with Crippen LogP contribution in [-0.4, -0.2) is 19.6 Å². The summed E-state index contributed by atoms with van der Waals surface area (Å²) in [5, 5.41) is 3.24. The Morgan fingerprint density at radius 1 is 1.56 bits per heavy atom. The number of terminal acetylenes is 1. The first kappa shape index (κ1) is 14.3. The molecule has 1 aromatic rings. The minimum Gasteiger partial charge on any atom is -0.465 e. The summed E-state index contributed by atoms with van der Waals surface area (Å²) >= 11 is 0. The number of aryl methyl sites for hydroxylation is 1. The molecular formula is C14H19NO3. The largest absolute Gasteiger partial charge is 0.465 e. The van der Waals surface area contributed by atoms with Crippen LogP contribution in [0.5, 0.6) is 0 Å². The molecule has 1 heterocycles. The van der Waals surface area contributed by atoms with Crippen LogP contribution < -0.4 is 5.32 Å². The molecular weight excluding hydrogens is 230 g/mol. The van der Waals surface area contributed by atoms with Gasteiger partial charge in [0.15, 0.2) is 0 Å². The van der Waals surface area contributed by atoms with Gasteiger partial charge in [0.25, 0.3) is 0 Å². The molecule has 98 valence electrons. The summed E-state index contributed by atoms with van der Waals surface area (Å²) in [6.45, 7) is 3.24. The molecule has 0 aliphatic carbocycles. The van der Waals surface area contributed by atoms with Gasteiger partial charge in [-0.25, -0.2) is 4.79 Å². The molecule has 0 unspecified atom stereocenters. The molecule has 0 amide bonds.